The van der Waals surface area contributed by atoms with Crippen molar-refractivity contribution in [2.24, 2.45) is 0 Å². The van der Waals surface area contributed by atoms with Gasteiger partial charge in [0.2, 0.25) is 5.95 Å². The van der Waals surface area contributed by atoms with Crippen LogP contribution in [0.4, 0.5) is 5.95 Å². The molecule has 1 aliphatic heterocycles. The summed E-state index contributed by atoms with van der Waals surface area (Å²) < 4.78 is 1.99. The zero-order chi connectivity index (χ0) is 11.1. The van der Waals surface area contributed by atoms with Gasteiger partial charge in [-0.1, -0.05) is 6.07 Å². The number of hydrogen-bond acceptors (Lipinski definition) is 4. The maximum atomic E-state index is 5.64. The first-order valence-corrected chi connectivity index (χ1v) is 6.38. The third-order valence-corrected chi connectivity index (χ3v) is 4.28. The molecule has 2 aromatic rings. The summed E-state index contributed by atoms with van der Waals surface area (Å²) in [6.07, 6.45) is 2.11. The minimum atomic E-state index is 0.354. The standard InChI is InChI=1S/C11H14N4S/c1-7-8(9-3-2-6-16-9)4-5-10-13-11(12)14-15(7)10/h2-3,6-8H,4-5H2,1H3,(H2,12,14). The number of thiophene rings is 1. The van der Waals surface area contributed by atoms with Crippen LogP contribution in [0.5, 0.6) is 0 Å². The molecular weight excluding hydrogens is 220 g/mol. The lowest BCUT2D eigenvalue weighted by Gasteiger charge is -2.28. The van der Waals surface area contributed by atoms with Crippen LogP contribution in [-0.4, -0.2) is 14.8 Å². The van der Waals surface area contributed by atoms with Crippen molar-refractivity contribution in [2.75, 3.05) is 5.73 Å². The Bertz CT molecular complexity index is 488. The molecule has 16 heavy (non-hydrogen) atoms. The van der Waals surface area contributed by atoms with E-state index in [1.807, 2.05) is 16.0 Å². The second kappa shape index (κ2) is 3.59. The second-order valence-electron chi connectivity index (χ2n) is 4.23. The summed E-state index contributed by atoms with van der Waals surface area (Å²) in [5.74, 6) is 1.97. The summed E-state index contributed by atoms with van der Waals surface area (Å²) in [5.41, 5.74) is 5.64. The van der Waals surface area contributed by atoms with Gasteiger partial charge in [0.25, 0.3) is 0 Å². The molecule has 0 fully saturated rings. The first-order chi connectivity index (χ1) is 7.75. The molecule has 4 nitrogen and oxygen atoms in total. The zero-order valence-corrected chi connectivity index (χ0v) is 9.94. The zero-order valence-electron chi connectivity index (χ0n) is 9.13. The monoisotopic (exact) mass is 234 g/mol. The number of nitrogens with zero attached hydrogens (tertiary/aromatic N) is 3. The Labute approximate surface area is 98.1 Å². The number of aromatic nitrogens is 3. The normalized spacial score (nSPS) is 24.3. The molecule has 0 amide bonds. The Morgan fingerprint density at radius 3 is 3.19 bits per heavy atom. The molecule has 2 aromatic heterocycles. The summed E-state index contributed by atoms with van der Waals surface area (Å²) >= 11 is 1.82. The lowest BCUT2D eigenvalue weighted by molar-refractivity contribution is 0.342. The summed E-state index contributed by atoms with van der Waals surface area (Å²) in [4.78, 5) is 5.69. The van der Waals surface area contributed by atoms with E-state index in [-0.39, 0.29) is 0 Å². The van der Waals surface area contributed by atoms with Crippen LogP contribution in [-0.2, 0) is 6.42 Å². The molecule has 1 aliphatic rings. The molecule has 0 saturated heterocycles. The average molecular weight is 234 g/mol. The number of aryl methyl sites for hydroxylation is 1. The number of rotatable bonds is 1. The molecular formula is C11H14N4S. The van der Waals surface area contributed by atoms with Crippen molar-refractivity contribution in [3.8, 4) is 0 Å². The van der Waals surface area contributed by atoms with Gasteiger partial charge in [-0.2, -0.15) is 4.98 Å². The molecule has 0 saturated carbocycles. The highest BCUT2D eigenvalue weighted by Gasteiger charge is 2.29. The van der Waals surface area contributed by atoms with E-state index in [1.54, 1.807) is 0 Å². The van der Waals surface area contributed by atoms with Crippen molar-refractivity contribution in [2.45, 2.75) is 31.7 Å². The van der Waals surface area contributed by atoms with Gasteiger partial charge in [0.15, 0.2) is 0 Å². The largest absolute Gasteiger partial charge is 0.366 e. The topological polar surface area (TPSA) is 56.7 Å². The van der Waals surface area contributed by atoms with Crippen LogP contribution in [0.3, 0.4) is 0 Å². The Balaban J connectivity index is 1.97. The van der Waals surface area contributed by atoms with Crippen molar-refractivity contribution < 1.29 is 0 Å². The highest BCUT2D eigenvalue weighted by molar-refractivity contribution is 7.10. The van der Waals surface area contributed by atoms with Gasteiger partial charge in [-0.25, -0.2) is 4.68 Å². The molecule has 3 heterocycles. The summed E-state index contributed by atoms with van der Waals surface area (Å²) in [6, 6.07) is 4.67. The predicted octanol–water partition coefficient (Wildman–Crippen LogP) is 2.21. The van der Waals surface area contributed by atoms with Crippen LogP contribution >= 0.6 is 11.3 Å². The molecule has 2 unspecified atom stereocenters. The van der Waals surface area contributed by atoms with E-state index in [4.69, 9.17) is 5.73 Å². The third-order valence-electron chi connectivity index (χ3n) is 3.27. The van der Waals surface area contributed by atoms with Crippen molar-refractivity contribution in [1.29, 1.82) is 0 Å². The molecule has 2 N–H and O–H groups in total. The van der Waals surface area contributed by atoms with Crippen LogP contribution in [0, 0.1) is 0 Å². The van der Waals surface area contributed by atoms with Gasteiger partial charge in [-0.05, 0) is 24.8 Å². The molecule has 0 aromatic carbocycles. The minimum absolute atomic E-state index is 0.354. The van der Waals surface area contributed by atoms with Crippen LogP contribution in [0.1, 0.15) is 36.0 Å². The quantitative estimate of drug-likeness (QED) is 0.823. The summed E-state index contributed by atoms with van der Waals surface area (Å²) in [5, 5.41) is 6.41. The smallest absolute Gasteiger partial charge is 0.239 e. The lowest BCUT2D eigenvalue weighted by Crippen LogP contribution is -2.23. The number of hydrogen-bond donors (Lipinski definition) is 1. The van der Waals surface area contributed by atoms with E-state index >= 15 is 0 Å². The Morgan fingerprint density at radius 2 is 2.44 bits per heavy atom. The van der Waals surface area contributed by atoms with Crippen molar-refractivity contribution >= 4 is 17.3 Å². The molecule has 0 aliphatic carbocycles. The highest BCUT2D eigenvalue weighted by atomic mass is 32.1. The van der Waals surface area contributed by atoms with Gasteiger partial charge < -0.3 is 5.73 Å². The van der Waals surface area contributed by atoms with Crippen molar-refractivity contribution in [3.05, 3.63) is 28.2 Å². The van der Waals surface area contributed by atoms with E-state index in [9.17, 15) is 0 Å². The number of nitrogen functional groups attached to an aromatic ring is 1. The Morgan fingerprint density at radius 1 is 1.56 bits per heavy atom. The number of nitrogens with two attached hydrogens (primary N) is 1. The minimum Gasteiger partial charge on any atom is -0.366 e. The molecule has 3 rings (SSSR count). The van der Waals surface area contributed by atoms with Gasteiger partial charge in [0, 0.05) is 17.2 Å². The SMILES string of the molecule is CC1C(c2cccs2)CCc2nc(N)nn21. The fraction of sp³-hybridized carbons (Fsp3) is 0.455. The fourth-order valence-electron chi connectivity index (χ4n) is 2.45. The average Bonchev–Trinajstić information content (AvgIpc) is 2.86. The van der Waals surface area contributed by atoms with E-state index in [1.165, 1.54) is 4.88 Å². The van der Waals surface area contributed by atoms with Gasteiger partial charge >= 0.3 is 0 Å². The van der Waals surface area contributed by atoms with Gasteiger partial charge in [-0.15, -0.1) is 16.4 Å². The summed E-state index contributed by atoms with van der Waals surface area (Å²) in [7, 11) is 0. The molecule has 0 spiro atoms. The van der Waals surface area contributed by atoms with Crippen LogP contribution < -0.4 is 5.73 Å². The number of fused-ring (bicyclic) bond motifs is 1. The van der Waals surface area contributed by atoms with Crippen LogP contribution in [0.15, 0.2) is 17.5 Å². The fourth-order valence-corrected chi connectivity index (χ4v) is 3.41. The second-order valence-corrected chi connectivity index (χ2v) is 5.21. The number of anilines is 1. The van der Waals surface area contributed by atoms with Crippen LogP contribution in [0.25, 0.3) is 0 Å². The maximum absolute atomic E-state index is 5.64. The van der Waals surface area contributed by atoms with Gasteiger partial charge in [0.05, 0.1) is 6.04 Å². The van der Waals surface area contributed by atoms with Crippen LogP contribution in [0.2, 0.25) is 0 Å². The molecule has 84 valence electrons. The Hall–Kier alpha value is -1.36. The van der Waals surface area contributed by atoms with Crippen molar-refractivity contribution in [1.82, 2.24) is 14.8 Å². The molecule has 0 bridgehead atoms. The molecule has 0 radical (unpaired) electrons. The Kier molecular flexibility index (Phi) is 2.21. The van der Waals surface area contributed by atoms with Gasteiger partial charge in [0.1, 0.15) is 5.82 Å². The lowest BCUT2D eigenvalue weighted by atomic mass is 9.91. The summed E-state index contributed by atoms with van der Waals surface area (Å²) in [6.45, 7) is 2.20. The highest BCUT2D eigenvalue weighted by Crippen LogP contribution is 2.38. The van der Waals surface area contributed by atoms with E-state index in [0.29, 0.717) is 17.9 Å². The molecule has 2 atom stereocenters. The van der Waals surface area contributed by atoms with E-state index in [2.05, 4.69) is 34.5 Å². The maximum Gasteiger partial charge on any atom is 0.239 e. The van der Waals surface area contributed by atoms with E-state index in [0.717, 1.165) is 18.7 Å². The third kappa shape index (κ3) is 1.43. The van der Waals surface area contributed by atoms with Gasteiger partial charge in [-0.3, -0.25) is 0 Å². The van der Waals surface area contributed by atoms with Crippen molar-refractivity contribution in [3.63, 3.8) is 0 Å². The first kappa shape index (κ1) is 9.84. The molecule has 5 heteroatoms. The predicted molar refractivity (Wildman–Crippen MR) is 64.5 cm³/mol. The first-order valence-electron chi connectivity index (χ1n) is 5.50. The van der Waals surface area contributed by atoms with E-state index < -0.39 is 0 Å².